The number of carbonyl (C=O) groups excluding carboxylic acids is 1. The van der Waals surface area contributed by atoms with Crippen LogP contribution in [0, 0.1) is 11.3 Å². The van der Waals surface area contributed by atoms with Crippen LogP contribution < -0.4 is 0 Å². The highest BCUT2D eigenvalue weighted by Gasteiger charge is 2.35. The average molecular weight is 253 g/mol. The van der Waals surface area contributed by atoms with Gasteiger partial charge < -0.3 is 4.90 Å². The van der Waals surface area contributed by atoms with Gasteiger partial charge in [-0.3, -0.25) is 9.69 Å². The van der Waals surface area contributed by atoms with Gasteiger partial charge in [0.1, 0.15) is 0 Å². The molecule has 0 aromatic heterocycles. The van der Waals surface area contributed by atoms with E-state index in [-0.39, 0.29) is 18.0 Å². The molecule has 0 saturated carbocycles. The summed E-state index contributed by atoms with van der Waals surface area (Å²) in [5, 5.41) is 8.82. The van der Waals surface area contributed by atoms with E-state index in [0.717, 1.165) is 0 Å². The SMILES string of the molecule is C=C(F)C(=O)N1CCN(C(C)(C)C)CC1CC#N. The van der Waals surface area contributed by atoms with Crippen LogP contribution in [0.3, 0.4) is 0 Å². The highest BCUT2D eigenvalue weighted by atomic mass is 19.1. The number of piperazine rings is 1. The summed E-state index contributed by atoms with van der Waals surface area (Å²) in [6.07, 6.45) is 0.214. The second kappa shape index (κ2) is 5.49. The van der Waals surface area contributed by atoms with Gasteiger partial charge in [0.2, 0.25) is 0 Å². The number of carbonyl (C=O) groups is 1. The van der Waals surface area contributed by atoms with E-state index in [1.54, 1.807) is 0 Å². The van der Waals surface area contributed by atoms with Crippen LogP contribution in [0.15, 0.2) is 12.4 Å². The molecule has 1 fully saturated rings. The van der Waals surface area contributed by atoms with Gasteiger partial charge in [0.05, 0.1) is 18.5 Å². The molecule has 1 aliphatic rings. The van der Waals surface area contributed by atoms with Crippen molar-refractivity contribution in [2.45, 2.75) is 38.8 Å². The van der Waals surface area contributed by atoms with Crippen molar-refractivity contribution in [3.63, 3.8) is 0 Å². The predicted octanol–water partition coefficient (Wildman–Crippen LogP) is 1.69. The van der Waals surface area contributed by atoms with Crippen LogP contribution in [0.2, 0.25) is 0 Å². The smallest absolute Gasteiger partial charge is 0.282 e. The Morgan fingerprint density at radius 3 is 2.56 bits per heavy atom. The van der Waals surface area contributed by atoms with Crippen LogP contribution in [0.25, 0.3) is 0 Å². The van der Waals surface area contributed by atoms with E-state index >= 15 is 0 Å². The Morgan fingerprint density at radius 2 is 2.11 bits per heavy atom. The van der Waals surface area contributed by atoms with Crippen molar-refractivity contribution >= 4 is 5.91 Å². The highest BCUT2D eigenvalue weighted by molar-refractivity contribution is 5.90. The Hall–Kier alpha value is -1.41. The van der Waals surface area contributed by atoms with E-state index in [9.17, 15) is 9.18 Å². The van der Waals surface area contributed by atoms with Crippen LogP contribution in [-0.4, -0.2) is 46.9 Å². The van der Waals surface area contributed by atoms with Crippen LogP contribution >= 0.6 is 0 Å². The van der Waals surface area contributed by atoms with E-state index in [2.05, 4.69) is 38.3 Å². The topological polar surface area (TPSA) is 47.3 Å². The zero-order valence-corrected chi connectivity index (χ0v) is 11.2. The Morgan fingerprint density at radius 1 is 1.50 bits per heavy atom. The third-order valence-corrected chi connectivity index (χ3v) is 3.25. The standard InChI is InChI=1S/C13H20FN3O/c1-10(14)12(18)17-8-7-16(13(2,3)4)9-11(17)5-6-15/h11H,1,5,7-9H2,2-4H3. The summed E-state index contributed by atoms with van der Waals surface area (Å²) in [7, 11) is 0. The van der Waals surface area contributed by atoms with E-state index in [1.165, 1.54) is 4.90 Å². The third-order valence-electron chi connectivity index (χ3n) is 3.25. The number of amides is 1. The average Bonchev–Trinajstić information content (AvgIpc) is 2.27. The lowest BCUT2D eigenvalue weighted by atomic mass is 10.0. The number of nitriles is 1. The van der Waals surface area contributed by atoms with Gasteiger partial charge >= 0.3 is 0 Å². The van der Waals surface area contributed by atoms with Gasteiger partial charge in [0.25, 0.3) is 5.91 Å². The molecule has 0 radical (unpaired) electrons. The molecule has 18 heavy (non-hydrogen) atoms. The molecule has 1 rings (SSSR count). The number of halogens is 1. The fourth-order valence-corrected chi connectivity index (χ4v) is 2.17. The lowest BCUT2D eigenvalue weighted by Crippen LogP contribution is -2.59. The molecule has 0 aliphatic carbocycles. The van der Waals surface area contributed by atoms with E-state index in [0.29, 0.717) is 19.6 Å². The maximum Gasteiger partial charge on any atom is 0.282 e. The summed E-state index contributed by atoms with van der Waals surface area (Å²) >= 11 is 0. The van der Waals surface area contributed by atoms with Gasteiger partial charge in [-0.2, -0.15) is 5.26 Å². The van der Waals surface area contributed by atoms with Crippen LogP contribution in [0.1, 0.15) is 27.2 Å². The number of nitrogens with zero attached hydrogens (tertiary/aromatic N) is 3. The second-order valence-corrected chi connectivity index (χ2v) is 5.54. The molecule has 0 aromatic rings. The normalized spacial score (nSPS) is 21.5. The molecular formula is C13H20FN3O. The Kier molecular flexibility index (Phi) is 4.47. The molecule has 0 spiro atoms. The summed E-state index contributed by atoms with van der Waals surface area (Å²) in [6, 6.07) is 1.80. The molecule has 5 heteroatoms. The predicted molar refractivity (Wildman–Crippen MR) is 67.3 cm³/mol. The molecule has 1 heterocycles. The minimum absolute atomic E-state index is 0.0183. The van der Waals surface area contributed by atoms with Gasteiger partial charge in [-0.1, -0.05) is 6.58 Å². The quantitative estimate of drug-likeness (QED) is 0.704. The minimum atomic E-state index is -0.956. The largest absolute Gasteiger partial charge is 0.330 e. The first kappa shape index (κ1) is 14.7. The Balaban J connectivity index is 2.82. The summed E-state index contributed by atoms with van der Waals surface area (Å²) in [5.74, 6) is -1.65. The van der Waals surface area contributed by atoms with Gasteiger partial charge in [-0.15, -0.1) is 0 Å². The van der Waals surface area contributed by atoms with Crippen molar-refractivity contribution in [1.82, 2.24) is 9.80 Å². The number of hydrogen-bond acceptors (Lipinski definition) is 3. The molecule has 1 saturated heterocycles. The maximum atomic E-state index is 12.9. The fourth-order valence-electron chi connectivity index (χ4n) is 2.17. The molecule has 0 N–H and O–H groups in total. The molecule has 0 aromatic carbocycles. The molecule has 1 aliphatic heterocycles. The van der Waals surface area contributed by atoms with E-state index < -0.39 is 11.7 Å². The lowest BCUT2D eigenvalue weighted by molar-refractivity contribution is -0.134. The maximum absolute atomic E-state index is 12.9. The zero-order chi connectivity index (χ0) is 13.9. The third kappa shape index (κ3) is 3.30. The van der Waals surface area contributed by atoms with Gasteiger partial charge in [0, 0.05) is 25.2 Å². The van der Waals surface area contributed by atoms with Gasteiger partial charge in [-0.05, 0) is 20.8 Å². The monoisotopic (exact) mass is 253 g/mol. The molecule has 1 atom stereocenters. The summed E-state index contributed by atoms with van der Waals surface area (Å²) in [6.45, 7) is 11.0. The van der Waals surface area contributed by atoms with Crippen molar-refractivity contribution in [2.24, 2.45) is 0 Å². The summed E-state index contributed by atoms with van der Waals surface area (Å²) < 4.78 is 12.9. The Bertz CT molecular complexity index is 381. The lowest BCUT2D eigenvalue weighted by Gasteiger charge is -2.46. The highest BCUT2D eigenvalue weighted by Crippen LogP contribution is 2.22. The zero-order valence-electron chi connectivity index (χ0n) is 11.2. The van der Waals surface area contributed by atoms with E-state index in [1.807, 2.05) is 0 Å². The molecule has 4 nitrogen and oxygen atoms in total. The summed E-state index contributed by atoms with van der Waals surface area (Å²) in [4.78, 5) is 15.3. The van der Waals surface area contributed by atoms with Gasteiger partial charge in [0.15, 0.2) is 5.83 Å². The van der Waals surface area contributed by atoms with Crippen molar-refractivity contribution < 1.29 is 9.18 Å². The molecular weight excluding hydrogens is 233 g/mol. The van der Waals surface area contributed by atoms with Crippen molar-refractivity contribution in [1.29, 1.82) is 5.26 Å². The summed E-state index contributed by atoms with van der Waals surface area (Å²) in [5.41, 5.74) is -0.0183. The minimum Gasteiger partial charge on any atom is -0.330 e. The molecule has 0 bridgehead atoms. The fraction of sp³-hybridized carbons (Fsp3) is 0.692. The second-order valence-electron chi connectivity index (χ2n) is 5.54. The van der Waals surface area contributed by atoms with Crippen LogP contribution in [0.4, 0.5) is 4.39 Å². The molecule has 100 valence electrons. The van der Waals surface area contributed by atoms with Gasteiger partial charge in [-0.25, -0.2) is 4.39 Å². The number of rotatable bonds is 2. The first-order valence-corrected chi connectivity index (χ1v) is 6.04. The molecule has 1 unspecified atom stereocenters. The molecule has 1 amide bonds. The van der Waals surface area contributed by atoms with Crippen LogP contribution in [-0.2, 0) is 4.79 Å². The number of hydrogen-bond donors (Lipinski definition) is 0. The Labute approximate surface area is 108 Å². The van der Waals surface area contributed by atoms with E-state index in [4.69, 9.17) is 5.26 Å². The first-order chi connectivity index (χ1) is 8.27. The van der Waals surface area contributed by atoms with Crippen molar-refractivity contribution in [2.75, 3.05) is 19.6 Å². The van der Waals surface area contributed by atoms with Crippen molar-refractivity contribution in [3.8, 4) is 6.07 Å². The van der Waals surface area contributed by atoms with Crippen molar-refractivity contribution in [3.05, 3.63) is 12.4 Å². The van der Waals surface area contributed by atoms with Crippen LogP contribution in [0.5, 0.6) is 0 Å². The first-order valence-electron chi connectivity index (χ1n) is 6.04.